The Labute approximate surface area is 116 Å². The summed E-state index contributed by atoms with van der Waals surface area (Å²) in [6.07, 6.45) is 0.222. The highest BCUT2D eigenvalue weighted by atomic mass is 16.6. The smallest absolute Gasteiger partial charge is 0.165 e. The lowest BCUT2D eigenvalue weighted by molar-refractivity contribution is -0.205. The molecule has 1 aromatic rings. The molecule has 0 saturated heterocycles. The third kappa shape index (κ3) is 10.7. The van der Waals surface area contributed by atoms with Gasteiger partial charge in [-0.2, -0.15) is 0 Å². The van der Waals surface area contributed by atoms with Gasteiger partial charge >= 0.3 is 0 Å². The Balaban J connectivity index is 0.000000555. The molecule has 0 bridgehead atoms. The van der Waals surface area contributed by atoms with Gasteiger partial charge < -0.3 is 20.3 Å². The second kappa shape index (κ2) is 10.9. The average Bonchev–Trinajstić information content (AvgIpc) is 2.39. The van der Waals surface area contributed by atoms with Gasteiger partial charge in [0.1, 0.15) is 0 Å². The molecule has 19 heavy (non-hydrogen) atoms. The van der Waals surface area contributed by atoms with E-state index in [0.29, 0.717) is 6.61 Å². The molecular weight excluding hydrogens is 242 g/mol. The molecule has 0 aliphatic rings. The highest BCUT2D eigenvalue weighted by Crippen LogP contribution is 2.13. The van der Waals surface area contributed by atoms with Crippen molar-refractivity contribution in [1.82, 2.24) is 5.32 Å². The van der Waals surface area contributed by atoms with Gasteiger partial charge in [-0.05, 0) is 25.6 Å². The van der Waals surface area contributed by atoms with Crippen LogP contribution in [0.5, 0.6) is 0 Å². The fourth-order valence-corrected chi connectivity index (χ4v) is 1.34. The molecule has 1 atom stereocenters. The van der Waals surface area contributed by atoms with Crippen molar-refractivity contribution in [3.05, 3.63) is 35.9 Å². The van der Waals surface area contributed by atoms with E-state index in [-0.39, 0.29) is 13.0 Å². The molecule has 0 spiro atoms. The Hall–Kier alpha value is -0.940. The lowest BCUT2D eigenvalue weighted by atomic mass is 10.2. The molecule has 0 aliphatic carbocycles. The Morgan fingerprint density at radius 3 is 2.16 bits per heavy atom. The van der Waals surface area contributed by atoms with Gasteiger partial charge in [-0.3, -0.25) is 0 Å². The van der Waals surface area contributed by atoms with Gasteiger partial charge in [-0.25, -0.2) is 0 Å². The topological polar surface area (TPSA) is 61.7 Å². The molecule has 1 aromatic carbocycles. The number of hydrogen-bond acceptors (Lipinski definition) is 4. The molecule has 4 nitrogen and oxygen atoms in total. The van der Waals surface area contributed by atoms with Gasteiger partial charge in [0, 0.05) is 13.0 Å². The molecular formula is C15H27NO3. The summed E-state index contributed by atoms with van der Waals surface area (Å²) in [5.74, 6) is -1.25. The predicted octanol–water partition coefficient (Wildman–Crippen LogP) is 1.91. The molecule has 0 fully saturated rings. The summed E-state index contributed by atoms with van der Waals surface area (Å²) in [5, 5.41) is 21.4. The van der Waals surface area contributed by atoms with Gasteiger partial charge in [0.15, 0.2) is 5.79 Å². The zero-order chi connectivity index (χ0) is 14.6. The first-order valence-corrected chi connectivity index (χ1v) is 6.77. The SMILES string of the molecule is CC(O)(CCO)OCc1ccccc1.CCNCC. The maximum absolute atomic E-state index is 9.59. The zero-order valence-corrected chi connectivity index (χ0v) is 12.2. The zero-order valence-electron chi connectivity index (χ0n) is 12.2. The Kier molecular flexibility index (Phi) is 10.4. The number of aliphatic hydroxyl groups is 2. The summed E-state index contributed by atoms with van der Waals surface area (Å²) in [6, 6.07) is 9.61. The molecule has 1 rings (SSSR count). The van der Waals surface area contributed by atoms with Crippen molar-refractivity contribution in [2.24, 2.45) is 0 Å². The first-order chi connectivity index (χ1) is 9.05. The van der Waals surface area contributed by atoms with E-state index in [9.17, 15) is 5.11 Å². The molecule has 3 N–H and O–H groups in total. The van der Waals surface area contributed by atoms with Crippen LogP contribution in [0.15, 0.2) is 30.3 Å². The first kappa shape index (κ1) is 18.1. The monoisotopic (exact) mass is 269 g/mol. The lowest BCUT2D eigenvalue weighted by Crippen LogP contribution is -2.29. The summed E-state index contributed by atoms with van der Waals surface area (Å²) in [5.41, 5.74) is 1.01. The number of rotatable bonds is 7. The quantitative estimate of drug-likeness (QED) is 0.662. The fourth-order valence-electron chi connectivity index (χ4n) is 1.34. The lowest BCUT2D eigenvalue weighted by Gasteiger charge is -2.22. The second-order valence-corrected chi connectivity index (χ2v) is 4.38. The summed E-state index contributed by atoms with van der Waals surface area (Å²) in [7, 11) is 0. The van der Waals surface area contributed by atoms with E-state index < -0.39 is 5.79 Å². The standard InChI is InChI=1S/C11H16O3.C4H11N/c1-11(13,7-8-12)14-9-10-5-3-2-4-6-10;1-3-5-4-2/h2-6,12-13H,7-9H2,1H3;5H,3-4H2,1-2H3. The molecule has 110 valence electrons. The molecule has 0 saturated carbocycles. The van der Waals surface area contributed by atoms with Crippen LogP contribution in [0.3, 0.4) is 0 Å². The maximum atomic E-state index is 9.59. The third-order valence-corrected chi connectivity index (χ3v) is 2.47. The van der Waals surface area contributed by atoms with Crippen LogP contribution >= 0.6 is 0 Å². The minimum atomic E-state index is -1.25. The second-order valence-electron chi connectivity index (χ2n) is 4.38. The van der Waals surface area contributed by atoms with Crippen LogP contribution in [0.25, 0.3) is 0 Å². The molecule has 0 heterocycles. The van der Waals surface area contributed by atoms with E-state index in [1.807, 2.05) is 30.3 Å². The van der Waals surface area contributed by atoms with Gasteiger partial charge in [0.05, 0.1) is 6.61 Å². The normalized spacial score (nSPS) is 13.3. The van der Waals surface area contributed by atoms with Crippen LogP contribution in [-0.4, -0.2) is 35.7 Å². The largest absolute Gasteiger partial charge is 0.396 e. The van der Waals surface area contributed by atoms with Crippen LogP contribution in [0.1, 0.15) is 32.8 Å². The van der Waals surface area contributed by atoms with Crippen molar-refractivity contribution >= 4 is 0 Å². The number of nitrogens with one attached hydrogen (secondary N) is 1. The van der Waals surface area contributed by atoms with Gasteiger partial charge in [-0.15, -0.1) is 0 Å². The van der Waals surface area contributed by atoms with Crippen molar-refractivity contribution in [3.8, 4) is 0 Å². The van der Waals surface area contributed by atoms with Crippen LogP contribution in [0.2, 0.25) is 0 Å². The number of ether oxygens (including phenoxy) is 1. The van der Waals surface area contributed by atoms with Gasteiger partial charge in [0.25, 0.3) is 0 Å². The van der Waals surface area contributed by atoms with Crippen LogP contribution in [0, 0.1) is 0 Å². The number of hydrogen-bond donors (Lipinski definition) is 3. The molecule has 0 aromatic heterocycles. The molecule has 0 amide bonds. The molecule has 4 heteroatoms. The van der Waals surface area contributed by atoms with Crippen LogP contribution < -0.4 is 5.32 Å². The van der Waals surface area contributed by atoms with Crippen molar-refractivity contribution in [2.45, 2.75) is 39.6 Å². The van der Waals surface area contributed by atoms with E-state index in [2.05, 4.69) is 19.2 Å². The predicted molar refractivity (Wildman–Crippen MR) is 77.8 cm³/mol. The summed E-state index contributed by atoms with van der Waals surface area (Å²) in [4.78, 5) is 0. The molecule has 0 aliphatic heterocycles. The summed E-state index contributed by atoms with van der Waals surface area (Å²) < 4.78 is 5.25. The van der Waals surface area contributed by atoms with Crippen molar-refractivity contribution in [2.75, 3.05) is 19.7 Å². The fraction of sp³-hybridized carbons (Fsp3) is 0.600. The Morgan fingerprint density at radius 1 is 1.16 bits per heavy atom. The highest BCUT2D eigenvalue weighted by molar-refractivity contribution is 5.13. The number of benzene rings is 1. The first-order valence-electron chi connectivity index (χ1n) is 6.77. The third-order valence-electron chi connectivity index (χ3n) is 2.47. The van der Waals surface area contributed by atoms with Gasteiger partial charge in [0.2, 0.25) is 0 Å². The van der Waals surface area contributed by atoms with E-state index in [0.717, 1.165) is 18.7 Å². The minimum Gasteiger partial charge on any atom is -0.396 e. The van der Waals surface area contributed by atoms with E-state index in [1.54, 1.807) is 6.92 Å². The molecule has 1 unspecified atom stereocenters. The minimum absolute atomic E-state index is 0.0816. The maximum Gasteiger partial charge on any atom is 0.165 e. The summed E-state index contributed by atoms with van der Waals surface area (Å²) in [6.45, 7) is 8.21. The van der Waals surface area contributed by atoms with Crippen LogP contribution in [-0.2, 0) is 11.3 Å². The Bertz CT molecular complexity index is 300. The van der Waals surface area contributed by atoms with Crippen molar-refractivity contribution in [1.29, 1.82) is 0 Å². The van der Waals surface area contributed by atoms with Gasteiger partial charge in [-0.1, -0.05) is 44.2 Å². The number of aliphatic hydroxyl groups excluding tert-OH is 1. The summed E-state index contributed by atoms with van der Waals surface area (Å²) >= 11 is 0. The van der Waals surface area contributed by atoms with E-state index >= 15 is 0 Å². The molecule has 0 radical (unpaired) electrons. The van der Waals surface area contributed by atoms with Crippen molar-refractivity contribution < 1.29 is 14.9 Å². The van der Waals surface area contributed by atoms with Crippen LogP contribution in [0.4, 0.5) is 0 Å². The van der Waals surface area contributed by atoms with E-state index in [1.165, 1.54) is 0 Å². The van der Waals surface area contributed by atoms with Crippen molar-refractivity contribution in [3.63, 3.8) is 0 Å². The van der Waals surface area contributed by atoms with E-state index in [4.69, 9.17) is 9.84 Å². The highest BCUT2D eigenvalue weighted by Gasteiger charge is 2.19. The Morgan fingerprint density at radius 2 is 1.74 bits per heavy atom. The average molecular weight is 269 g/mol.